The third kappa shape index (κ3) is 10.2. The highest BCUT2D eigenvalue weighted by Crippen LogP contribution is 2.16. The molecule has 0 atom stereocenters. The first-order chi connectivity index (χ1) is 12.5. The zero-order valence-electron chi connectivity index (χ0n) is 16.7. The number of carbonyl (C=O) groups is 1. The van der Waals surface area contributed by atoms with E-state index in [1.165, 1.54) is 4.90 Å². The Morgan fingerprint density at radius 2 is 1.70 bits per heavy atom. The van der Waals surface area contributed by atoms with Crippen LogP contribution in [0.3, 0.4) is 0 Å². The molecule has 8 nitrogen and oxygen atoms in total. The molecule has 1 aromatic rings. The number of hydrogen-bond acceptors (Lipinski definition) is 5. The summed E-state index contributed by atoms with van der Waals surface area (Å²) in [6.45, 7) is 2.34. The summed E-state index contributed by atoms with van der Waals surface area (Å²) in [5, 5.41) is 3.19. The Morgan fingerprint density at radius 1 is 1.07 bits per heavy atom. The molecule has 154 valence electrons. The molecular weight excluding hydrogens is 463 g/mol. The van der Waals surface area contributed by atoms with Crippen molar-refractivity contribution in [2.75, 3.05) is 68.2 Å². The van der Waals surface area contributed by atoms with Crippen LogP contribution in [0.4, 0.5) is 0 Å². The van der Waals surface area contributed by atoms with Crippen LogP contribution >= 0.6 is 24.0 Å². The fourth-order valence-corrected chi connectivity index (χ4v) is 1.94. The Morgan fingerprint density at radius 3 is 2.26 bits per heavy atom. The number of halogens is 1. The molecule has 0 fully saturated rings. The van der Waals surface area contributed by atoms with Gasteiger partial charge in [-0.3, -0.25) is 4.79 Å². The van der Waals surface area contributed by atoms with Crippen LogP contribution in [0.25, 0.3) is 0 Å². The number of methoxy groups -OCH3 is 2. The van der Waals surface area contributed by atoms with Crippen molar-refractivity contribution in [3.05, 3.63) is 24.3 Å². The molecule has 0 aliphatic heterocycles. The minimum absolute atomic E-state index is 0. The molecule has 1 rings (SSSR count). The Labute approximate surface area is 178 Å². The van der Waals surface area contributed by atoms with Crippen LogP contribution in [0, 0.1) is 0 Å². The number of likely N-dealkylation sites (N-methyl/N-ethyl adjacent to an activating group) is 2. The van der Waals surface area contributed by atoms with Crippen molar-refractivity contribution in [2.45, 2.75) is 0 Å². The lowest BCUT2D eigenvalue weighted by Crippen LogP contribution is -2.42. The minimum Gasteiger partial charge on any atom is -0.497 e. The van der Waals surface area contributed by atoms with Gasteiger partial charge in [0.2, 0.25) is 5.91 Å². The van der Waals surface area contributed by atoms with E-state index in [-0.39, 0.29) is 36.4 Å². The number of nitrogens with one attached hydrogen (secondary N) is 1. The van der Waals surface area contributed by atoms with Gasteiger partial charge in [-0.25, -0.2) is 4.99 Å². The SMILES string of the molecule is COCCNC(=NCC(=O)N(C)C)N(C)CCOc1ccc(OC)cc1.I. The number of ether oxygens (including phenoxy) is 3. The molecule has 0 aliphatic carbocycles. The number of rotatable bonds is 10. The Bertz CT molecular complexity index is 567. The molecule has 27 heavy (non-hydrogen) atoms. The zero-order chi connectivity index (χ0) is 19.4. The number of benzene rings is 1. The normalized spacial score (nSPS) is 10.6. The van der Waals surface area contributed by atoms with Crippen molar-refractivity contribution in [3.8, 4) is 11.5 Å². The van der Waals surface area contributed by atoms with Crippen molar-refractivity contribution < 1.29 is 19.0 Å². The predicted molar refractivity (Wildman–Crippen MR) is 117 cm³/mol. The van der Waals surface area contributed by atoms with Gasteiger partial charge in [-0.2, -0.15) is 0 Å². The van der Waals surface area contributed by atoms with E-state index in [1.54, 1.807) is 28.3 Å². The van der Waals surface area contributed by atoms with Gasteiger partial charge >= 0.3 is 0 Å². The van der Waals surface area contributed by atoms with E-state index in [0.717, 1.165) is 11.5 Å². The van der Waals surface area contributed by atoms with E-state index in [2.05, 4.69) is 10.3 Å². The molecule has 0 aromatic heterocycles. The second-order valence-electron chi connectivity index (χ2n) is 5.79. The fraction of sp³-hybridized carbons (Fsp3) is 0.556. The molecule has 1 aromatic carbocycles. The summed E-state index contributed by atoms with van der Waals surface area (Å²) in [4.78, 5) is 19.6. The van der Waals surface area contributed by atoms with Crippen LogP contribution in [0.15, 0.2) is 29.3 Å². The smallest absolute Gasteiger partial charge is 0.243 e. The molecule has 0 saturated heterocycles. The first kappa shape index (κ1) is 25.2. The van der Waals surface area contributed by atoms with Crippen LogP contribution in [0.2, 0.25) is 0 Å². The van der Waals surface area contributed by atoms with Gasteiger partial charge in [-0.1, -0.05) is 0 Å². The lowest BCUT2D eigenvalue weighted by Gasteiger charge is -2.22. The lowest BCUT2D eigenvalue weighted by atomic mass is 10.3. The minimum atomic E-state index is -0.0566. The highest BCUT2D eigenvalue weighted by Gasteiger charge is 2.09. The van der Waals surface area contributed by atoms with E-state index < -0.39 is 0 Å². The maximum absolute atomic E-state index is 11.8. The second kappa shape index (κ2) is 14.3. The van der Waals surface area contributed by atoms with Crippen LogP contribution in [-0.4, -0.2) is 89.9 Å². The highest BCUT2D eigenvalue weighted by atomic mass is 127. The van der Waals surface area contributed by atoms with Crippen LogP contribution in [0.5, 0.6) is 11.5 Å². The Kier molecular flexibility index (Phi) is 13.4. The summed E-state index contributed by atoms with van der Waals surface area (Å²) in [5.74, 6) is 2.14. The van der Waals surface area contributed by atoms with Gasteiger partial charge in [-0.15, -0.1) is 24.0 Å². The summed E-state index contributed by atoms with van der Waals surface area (Å²) in [7, 11) is 8.59. The van der Waals surface area contributed by atoms with E-state index >= 15 is 0 Å². The van der Waals surface area contributed by atoms with Gasteiger partial charge in [0.25, 0.3) is 0 Å². The summed E-state index contributed by atoms with van der Waals surface area (Å²) < 4.78 is 15.9. The predicted octanol–water partition coefficient (Wildman–Crippen LogP) is 1.30. The van der Waals surface area contributed by atoms with E-state index in [9.17, 15) is 4.79 Å². The van der Waals surface area contributed by atoms with Gasteiger partial charge in [0.05, 0.1) is 20.3 Å². The van der Waals surface area contributed by atoms with Gasteiger partial charge in [-0.05, 0) is 24.3 Å². The molecule has 0 spiro atoms. The molecule has 9 heteroatoms. The molecular formula is C18H31IN4O4. The Hall–Kier alpha value is -1.75. The maximum atomic E-state index is 11.8. The molecule has 1 amide bonds. The number of guanidine groups is 1. The molecule has 0 radical (unpaired) electrons. The number of amides is 1. The molecule has 0 unspecified atom stereocenters. The van der Waals surface area contributed by atoms with Crippen LogP contribution in [-0.2, 0) is 9.53 Å². The third-order valence-corrected chi connectivity index (χ3v) is 3.57. The monoisotopic (exact) mass is 494 g/mol. The summed E-state index contributed by atoms with van der Waals surface area (Å²) in [5.41, 5.74) is 0. The number of carbonyl (C=O) groups excluding carboxylic acids is 1. The van der Waals surface area contributed by atoms with E-state index in [4.69, 9.17) is 14.2 Å². The van der Waals surface area contributed by atoms with Gasteiger partial charge < -0.3 is 29.3 Å². The average Bonchev–Trinajstić information content (AvgIpc) is 2.64. The maximum Gasteiger partial charge on any atom is 0.243 e. The van der Waals surface area contributed by atoms with Crippen molar-refractivity contribution in [1.82, 2.24) is 15.1 Å². The Balaban J connectivity index is 0.00000676. The number of aliphatic imine (C=N–C) groups is 1. The quantitative estimate of drug-likeness (QED) is 0.229. The average molecular weight is 494 g/mol. The number of hydrogen-bond donors (Lipinski definition) is 1. The van der Waals surface area contributed by atoms with Crippen molar-refractivity contribution in [3.63, 3.8) is 0 Å². The largest absolute Gasteiger partial charge is 0.497 e. The molecule has 0 saturated carbocycles. The summed E-state index contributed by atoms with van der Waals surface area (Å²) in [6.07, 6.45) is 0. The molecule has 0 aliphatic rings. The molecule has 1 N–H and O–H groups in total. The zero-order valence-corrected chi connectivity index (χ0v) is 19.1. The third-order valence-electron chi connectivity index (χ3n) is 3.57. The van der Waals surface area contributed by atoms with Crippen molar-refractivity contribution >= 4 is 35.8 Å². The van der Waals surface area contributed by atoms with Crippen LogP contribution < -0.4 is 14.8 Å². The van der Waals surface area contributed by atoms with Crippen molar-refractivity contribution in [1.29, 1.82) is 0 Å². The summed E-state index contributed by atoms with van der Waals surface area (Å²) in [6, 6.07) is 7.43. The van der Waals surface area contributed by atoms with Crippen LogP contribution in [0.1, 0.15) is 0 Å². The fourth-order valence-electron chi connectivity index (χ4n) is 1.94. The van der Waals surface area contributed by atoms with Gasteiger partial charge in [0, 0.05) is 34.8 Å². The lowest BCUT2D eigenvalue weighted by molar-refractivity contribution is -0.127. The number of nitrogens with zero attached hydrogens (tertiary/aromatic N) is 3. The summed E-state index contributed by atoms with van der Waals surface area (Å²) >= 11 is 0. The topological polar surface area (TPSA) is 75.6 Å². The van der Waals surface area contributed by atoms with E-state index in [1.807, 2.05) is 36.2 Å². The van der Waals surface area contributed by atoms with Gasteiger partial charge in [0.1, 0.15) is 24.7 Å². The first-order valence-electron chi connectivity index (χ1n) is 8.43. The molecule has 0 heterocycles. The first-order valence-corrected chi connectivity index (χ1v) is 8.43. The van der Waals surface area contributed by atoms with Crippen molar-refractivity contribution in [2.24, 2.45) is 4.99 Å². The van der Waals surface area contributed by atoms with Gasteiger partial charge in [0.15, 0.2) is 5.96 Å². The molecule has 0 bridgehead atoms. The van der Waals surface area contributed by atoms with E-state index in [0.29, 0.717) is 32.3 Å². The second-order valence-corrected chi connectivity index (χ2v) is 5.79. The highest BCUT2D eigenvalue weighted by molar-refractivity contribution is 14.0. The standard InChI is InChI=1S/C18H30N4O4.HI/c1-21(2)17(23)14-20-18(19-10-12-24-4)22(3)11-13-26-16-8-6-15(25-5)7-9-16;/h6-9H,10-14H2,1-5H3,(H,19,20);1H.